The number of carbonyl (C=O) groups is 2. The average molecular weight is 373 g/mol. The van der Waals surface area contributed by atoms with E-state index in [4.69, 9.17) is 4.74 Å². The molecule has 5 heteroatoms. The minimum absolute atomic E-state index is 0.0560. The number of ether oxygens (including phenoxy) is 1. The van der Waals surface area contributed by atoms with Gasteiger partial charge < -0.3 is 10.1 Å². The van der Waals surface area contributed by atoms with Gasteiger partial charge in [0, 0.05) is 22.4 Å². The molecule has 1 heterocycles. The molecule has 138 valence electrons. The van der Waals surface area contributed by atoms with Gasteiger partial charge in [0.05, 0.1) is 0 Å². The largest absolute Gasteiger partial charge is 0.485 e. The molecule has 0 fully saturated rings. The number of nitrogens with one attached hydrogen (secondary N) is 1. The van der Waals surface area contributed by atoms with Crippen LogP contribution in [0.15, 0.2) is 72.8 Å². The molecular weight excluding hydrogens is 357 g/mol. The van der Waals surface area contributed by atoms with E-state index in [1.54, 1.807) is 60.7 Å². The maximum absolute atomic E-state index is 13.5. The van der Waals surface area contributed by atoms with E-state index in [2.05, 4.69) is 5.32 Å². The number of carbonyl (C=O) groups excluding carboxylic acids is 2. The number of benzene rings is 3. The standard InChI is InChI=1S/C23H16FNO3/c24-17-8-11-21-19(13-17)20(23(27)25-21)12-15-6-9-18(10-7-15)28-14-22(26)16-4-2-1-3-5-16/h1-13H,14H2,(H,25,27)/b20-12-. The number of halogens is 1. The topological polar surface area (TPSA) is 55.4 Å². The second kappa shape index (κ2) is 7.48. The van der Waals surface area contributed by atoms with Crippen LogP contribution in [0.2, 0.25) is 0 Å². The van der Waals surface area contributed by atoms with Crippen LogP contribution in [0, 0.1) is 5.82 Å². The van der Waals surface area contributed by atoms with Crippen LogP contribution >= 0.6 is 0 Å². The fraction of sp³-hybridized carbons (Fsp3) is 0.0435. The minimum atomic E-state index is -0.395. The first-order chi connectivity index (χ1) is 13.6. The van der Waals surface area contributed by atoms with E-state index < -0.39 is 5.82 Å². The van der Waals surface area contributed by atoms with Crippen molar-refractivity contribution in [3.05, 3.63) is 95.3 Å². The van der Waals surface area contributed by atoms with Crippen LogP contribution in [0.3, 0.4) is 0 Å². The van der Waals surface area contributed by atoms with Crippen LogP contribution in [0.1, 0.15) is 21.5 Å². The predicted octanol–water partition coefficient (Wildman–Crippen LogP) is 4.58. The van der Waals surface area contributed by atoms with Crippen molar-refractivity contribution in [2.24, 2.45) is 0 Å². The highest BCUT2D eigenvalue weighted by Crippen LogP contribution is 2.33. The number of fused-ring (bicyclic) bond motifs is 1. The molecule has 4 nitrogen and oxygen atoms in total. The van der Waals surface area contributed by atoms with Crippen molar-refractivity contribution < 1.29 is 18.7 Å². The van der Waals surface area contributed by atoms with E-state index in [1.807, 2.05) is 6.07 Å². The number of ketones is 1. The molecule has 0 saturated heterocycles. The Morgan fingerprint density at radius 3 is 2.50 bits per heavy atom. The third-order valence-electron chi connectivity index (χ3n) is 4.42. The third kappa shape index (κ3) is 3.69. The average Bonchev–Trinajstić information content (AvgIpc) is 3.02. The zero-order valence-electron chi connectivity index (χ0n) is 14.8. The number of anilines is 1. The molecule has 4 rings (SSSR count). The normalized spacial score (nSPS) is 13.9. The number of hydrogen-bond acceptors (Lipinski definition) is 3. The molecule has 1 amide bonds. The Labute approximate surface area is 161 Å². The van der Waals surface area contributed by atoms with E-state index in [0.717, 1.165) is 5.56 Å². The van der Waals surface area contributed by atoms with Gasteiger partial charge in [-0.3, -0.25) is 9.59 Å². The summed E-state index contributed by atoms with van der Waals surface area (Å²) in [5, 5.41) is 2.72. The summed E-state index contributed by atoms with van der Waals surface area (Å²) in [4.78, 5) is 24.2. The molecule has 3 aromatic rings. The maximum atomic E-state index is 13.5. The second-order valence-corrected chi connectivity index (χ2v) is 6.35. The Bertz CT molecular complexity index is 1070. The Hall–Kier alpha value is -3.73. The molecule has 1 aliphatic heterocycles. The van der Waals surface area contributed by atoms with Crippen LogP contribution in [0.25, 0.3) is 11.6 Å². The summed E-state index contributed by atoms with van der Waals surface area (Å²) in [5.74, 6) is -0.218. The van der Waals surface area contributed by atoms with Gasteiger partial charge in [-0.05, 0) is 42.0 Å². The van der Waals surface area contributed by atoms with Crippen molar-refractivity contribution in [3.63, 3.8) is 0 Å². The van der Waals surface area contributed by atoms with Crippen LogP contribution in [-0.4, -0.2) is 18.3 Å². The molecule has 3 aromatic carbocycles. The molecule has 0 aliphatic carbocycles. The molecule has 0 aromatic heterocycles. The summed E-state index contributed by atoms with van der Waals surface area (Å²) in [6.07, 6.45) is 1.69. The van der Waals surface area contributed by atoms with Gasteiger partial charge in [-0.2, -0.15) is 0 Å². The molecule has 0 saturated carbocycles. The Balaban J connectivity index is 1.47. The molecule has 0 radical (unpaired) electrons. The Morgan fingerprint density at radius 1 is 1.00 bits per heavy atom. The van der Waals surface area contributed by atoms with E-state index in [9.17, 15) is 14.0 Å². The van der Waals surface area contributed by atoms with E-state index in [0.29, 0.717) is 28.1 Å². The maximum Gasteiger partial charge on any atom is 0.256 e. The van der Waals surface area contributed by atoms with Crippen molar-refractivity contribution in [2.45, 2.75) is 0 Å². The monoisotopic (exact) mass is 373 g/mol. The van der Waals surface area contributed by atoms with Crippen molar-refractivity contribution >= 4 is 29.0 Å². The first-order valence-corrected chi connectivity index (χ1v) is 8.74. The predicted molar refractivity (Wildman–Crippen MR) is 106 cm³/mol. The Kier molecular flexibility index (Phi) is 4.72. The number of rotatable bonds is 5. The van der Waals surface area contributed by atoms with Gasteiger partial charge in [0.25, 0.3) is 5.91 Å². The van der Waals surface area contributed by atoms with Gasteiger partial charge in [0.15, 0.2) is 12.4 Å². The lowest BCUT2D eigenvalue weighted by atomic mass is 10.0. The Morgan fingerprint density at radius 2 is 1.75 bits per heavy atom. The number of Topliss-reactive ketones (excluding diaryl/α,β-unsaturated/α-hetero) is 1. The number of hydrogen-bond donors (Lipinski definition) is 1. The first-order valence-electron chi connectivity index (χ1n) is 8.74. The van der Waals surface area contributed by atoms with Crippen molar-refractivity contribution in [2.75, 3.05) is 11.9 Å². The van der Waals surface area contributed by atoms with Crippen LogP contribution in [0.4, 0.5) is 10.1 Å². The smallest absolute Gasteiger partial charge is 0.256 e. The van der Waals surface area contributed by atoms with Gasteiger partial charge in [0.1, 0.15) is 11.6 Å². The fourth-order valence-electron chi connectivity index (χ4n) is 2.99. The summed E-state index contributed by atoms with van der Waals surface area (Å²) >= 11 is 0. The second-order valence-electron chi connectivity index (χ2n) is 6.35. The fourth-order valence-corrected chi connectivity index (χ4v) is 2.99. The molecular formula is C23H16FNO3. The van der Waals surface area contributed by atoms with Crippen LogP contribution in [0.5, 0.6) is 5.75 Å². The highest BCUT2D eigenvalue weighted by molar-refractivity contribution is 6.34. The van der Waals surface area contributed by atoms with Gasteiger partial charge in [0.2, 0.25) is 0 Å². The van der Waals surface area contributed by atoms with Gasteiger partial charge >= 0.3 is 0 Å². The molecule has 1 aliphatic rings. The molecule has 28 heavy (non-hydrogen) atoms. The van der Waals surface area contributed by atoms with E-state index in [1.165, 1.54) is 12.1 Å². The summed E-state index contributed by atoms with van der Waals surface area (Å²) in [5.41, 5.74) is 2.91. The SMILES string of the molecule is O=C1Nc2ccc(F)cc2/C1=C/c1ccc(OCC(=O)c2ccccc2)cc1. The summed E-state index contributed by atoms with van der Waals surface area (Å²) < 4.78 is 19.1. The highest BCUT2D eigenvalue weighted by atomic mass is 19.1. The minimum Gasteiger partial charge on any atom is -0.485 e. The van der Waals surface area contributed by atoms with Gasteiger partial charge in [-0.15, -0.1) is 0 Å². The van der Waals surface area contributed by atoms with E-state index >= 15 is 0 Å². The lowest BCUT2D eigenvalue weighted by molar-refractivity contribution is -0.110. The molecule has 0 atom stereocenters. The summed E-state index contributed by atoms with van der Waals surface area (Å²) in [7, 11) is 0. The number of amides is 1. The highest BCUT2D eigenvalue weighted by Gasteiger charge is 2.24. The zero-order chi connectivity index (χ0) is 19.5. The first kappa shape index (κ1) is 17.7. The molecule has 0 unspecified atom stereocenters. The quantitative estimate of drug-likeness (QED) is 0.526. The van der Waals surface area contributed by atoms with Crippen LogP contribution in [-0.2, 0) is 4.79 Å². The zero-order valence-corrected chi connectivity index (χ0v) is 14.8. The lowest BCUT2D eigenvalue weighted by Crippen LogP contribution is -2.11. The van der Waals surface area contributed by atoms with Crippen molar-refractivity contribution in [1.82, 2.24) is 0 Å². The molecule has 0 spiro atoms. The molecule has 0 bridgehead atoms. The van der Waals surface area contributed by atoms with Gasteiger partial charge in [-0.1, -0.05) is 42.5 Å². The molecule has 1 N–H and O–H groups in total. The third-order valence-corrected chi connectivity index (χ3v) is 4.42. The van der Waals surface area contributed by atoms with Crippen LogP contribution < -0.4 is 10.1 Å². The van der Waals surface area contributed by atoms with Gasteiger partial charge in [-0.25, -0.2) is 4.39 Å². The van der Waals surface area contributed by atoms with Crippen molar-refractivity contribution in [3.8, 4) is 5.75 Å². The van der Waals surface area contributed by atoms with E-state index in [-0.39, 0.29) is 18.3 Å². The van der Waals surface area contributed by atoms with Crippen molar-refractivity contribution in [1.29, 1.82) is 0 Å². The summed E-state index contributed by atoms with van der Waals surface area (Å²) in [6.45, 7) is -0.0560. The lowest BCUT2D eigenvalue weighted by Gasteiger charge is -2.06. The summed E-state index contributed by atoms with van der Waals surface area (Å²) in [6, 6.07) is 20.1.